The SMILES string of the molecule is CCNc1cc([N+](=O)[O-])ccc1S(=O)(=O)N(C)CC(C)C. The quantitative estimate of drug-likeness (QED) is 0.615. The van der Waals surface area contributed by atoms with Crippen LogP contribution in [0.25, 0.3) is 0 Å². The first kappa shape index (κ1) is 17.4. The predicted molar refractivity (Wildman–Crippen MR) is 81.9 cm³/mol. The Morgan fingerprint density at radius 1 is 1.38 bits per heavy atom. The smallest absolute Gasteiger partial charge is 0.271 e. The molecule has 118 valence electrons. The van der Waals surface area contributed by atoms with Gasteiger partial charge >= 0.3 is 0 Å². The summed E-state index contributed by atoms with van der Waals surface area (Å²) in [6.45, 7) is 6.50. The molecule has 0 aliphatic heterocycles. The van der Waals surface area contributed by atoms with Crippen LogP contribution in [0.5, 0.6) is 0 Å². The minimum atomic E-state index is -3.68. The summed E-state index contributed by atoms with van der Waals surface area (Å²) in [5.74, 6) is 0.186. The van der Waals surface area contributed by atoms with Gasteiger partial charge in [-0.05, 0) is 18.9 Å². The maximum Gasteiger partial charge on any atom is 0.271 e. The van der Waals surface area contributed by atoms with E-state index in [2.05, 4.69) is 5.32 Å². The molecule has 0 fully saturated rings. The van der Waals surface area contributed by atoms with E-state index in [1.807, 2.05) is 13.8 Å². The second-order valence-corrected chi connectivity index (χ2v) is 7.16. The number of anilines is 1. The van der Waals surface area contributed by atoms with Crippen molar-refractivity contribution < 1.29 is 13.3 Å². The second-order valence-electron chi connectivity index (χ2n) is 5.15. The van der Waals surface area contributed by atoms with Crippen LogP contribution in [-0.4, -0.2) is 37.8 Å². The number of benzene rings is 1. The Kier molecular flexibility index (Phi) is 5.68. The number of nitro groups is 1. The van der Waals surface area contributed by atoms with Crippen LogP contribution in [-0.2, 0) is 10.0 Å². The maximum atomic E-state index is 12.6. The molecule has 0 atom stereocenters. The summed E-state index contributed by atoms with van der Waals surface area (Å²) in [5.41, 5.74) is 0.110. The van der Waals surface area contributed by atoms with E-state index in [1.54, 1.807) is 6.92 Å². The Hall–Kier alpha value is -1.67. The van der Waals surface area contributed by atoms with Gasteiger partial charge in [-0.3, -0.25) is 10.1 Å². The van der Waals surface area contributed by atoms with Crippen LogP contribution in [0.1, 0.15) is 20.8 Å². The summed E-state index contributed by atoms with van der Waals surface area (Å²) in [5, 5.41) is 13.7. The van der Waals surface area contributed by atoms with Gasteiger partial charge in [0.1, 0.15) is 4.90 Å². The van der Waals surface area contributed by atoms with E-state index in [9.17, 15) is 18.5 Å². The molecule has 21 heavy (non-hydrogen) atoms. The van der Waals surface area contributed by atoms with Gasteiger partial charge in [-0.25, -0.2) is 12.7 Å². The summed E-state index contributed by atoms with van der Waals surface area (Å²) in [7, 11) is -2.17. The lowest BCUT2D eigenvalue weighted by Crippen LogP contribution is -2.31. The van der Waals surface area contributed by atoms with Gasteiger partial charge in [-0.2, -0.15) is 0 Å². The molecule has 0 radical (unpaired) electrons. The third-order valence-electron chi connectivity index (χ3n) is 2.85. The lowest BCUT2D eigenvalue weighted by atomic mass is 10.2. The maximum absolute atomic E-state index is 12.6. The zero-order chi connectivity index (χ0) is 16.2. The average molecular weight is 315 g/mol. The number of nitrogens with zero attached hydrogens (tertiary/aromatic N) is 2. The standard InChI is InChI=1S/C13H21N3O4S/c1-5-14-12-8-11(16(17)18)6-7-13(12)21(19,20)15(4)9-10(2)3/h6-8,10,14H,5,9H2,1-4H3. The zero-order valence-electron chi connectivity index (χ0n) is 12.7. The lowest BCUT2D eigenvalue weighted by molar-refractivity contribution is -0.384. The molecule has 1 rings (SSSR count). The number of hydrogen-bond donors (Lipinski definition) is 1. The topological polar surface area (TPSA) is 92.5 Å². The minimum absolute atomic E-state index is 0.0538. The van der Waals surface area contributed by atoms with Gasteiger partial charge in [-0.15, -0.1) is 0 Å². The van der Waals surface area contributed by atoms with Gasteiger partial charge in [0.25, 0.3) is 5.69 Å². The van der Waals surface area contributed by atoms with Crippen LogP contribution in [0.2, 0.25) is 0 Å². The summed E-state index contributed by atoms with van der Waals surface area (Å²) in [4.78, 5) is 10.3. The molecule has 1 aromatic carbocycles. The summed E-state index contributed by atoms with van der Waals surface area (Å²) in [6, 6.07) is 3.73. The van der Waals surface area contributed by atoms with E-state index < -0.39 is 14.9 Å². The normalized spacial score (nSPS) is 11.9. The van der Waals surface area contributed by atoms with Crippen molar-refractivity contribution in [2.75, 3.05) is 25.5 Å². The van der Waals surface area contributed by atoms with E-state index in [0.717, 1.165) is 0 Å². The molecule has 0 aliphatic carbocycles. The van der Waals surface area contributed by atoms with Crippen molar-refractivity contribution in [3.8, 4) is 0 Å². The number of non-ortho nitro benzene ring substituents is 1. The van der Waals surface area contributed by atoms with E-state index in [0.29, 0.717) is 13.1 Å². The van der Waals surface area contributed by atoms with Gasteiger partial charge < -0.3 is 5.32 Å². The number of rotatable bonds is 7. The molecule has 0 aliphatic rings. The van der Waals surface area contributed by atoms with Gasteiger partial charge in [0.2, 0.25) is 10.0 Å². The van der Waals surface area contributed by atoms with Crippen molar-refractivity contribution in [2.45, 2.75) is 25.7 Å². The monoisotopic (exact) mass is 315 g/mol. The summed E-state index contributed by atoms with van der Waals surface area (Å²) < 4.78 is 26.4. The Labute approximate surface area is 125 Å². The Morgan fingerprint density at radius 3 is 2.48 bits per heavy atom. The fourth-order valence-electron chi connectivity index (χ4n) is 1.97. The number of hydrogen-bond acceptors (Lipinski definition) is 5. The molecule has 0 amide bonds. The molecular formula is C13H21N3O4S. The van der Waals surface area contributed by atoms with Crippen molar-refractivity contribution >= 4 is 21.4 Å². The van der Waals surface area contributed by atoms with Gasteiger partial charge in [0.15, 0.2) is 0 Å². The van der Waals surface area contributed by atoms with Crippen LogP contribution in [0.15, 0.2) is 23.1 Å². The first-order valence-corrected chi connectivity index (χ1v) is 8.12. The van der Waals surface area contributed by atoms with Crippen molar-refractivity contribution in [2.24, 2.45) is 5.92 Å². The van der Waals surface area contributed by atoms with Gasteiger partial charge in [0, 0.05) is 32.3 Å². The third-order valence-corrected chi connectivity index (χ3v) is 4.73. The van der Waals surface area contributed by atoms with Crippen LogP contribution < -0.4 is 5.32 Å². The van der Waals surface area contributed by atoms with Crippen molar-refractivity contribution in [3.63, 3.8) is 0 Å². The third kappa shape index (κ3) is 4.15. The first-order chi connectivity index (χ1) is 9.70. The Morgan fingerprint density at radius 2 is 2.00 bits per heavy atom. The van der Waals surface area contributed by atoms with E-state index in [4.69, 9.17) is 0 Å². The molecule has 0 bridgehead atoms. The van der Waals surface area contributed by atoms with Crippen molar-refractivity contribution in [3.05, 3.63) is 28.3 Å². The molecule has 0 spiro atoms. The zero-order valence-corrected chi connectivity index (χ0v) is 13.5. The molecule has 1 aromatic rings. The second kappa shape index (κ2) is 6.86. The Balaban J connectivity index is 3.30. The molecule has 0 saturated carbocycles. The molecule has 0 unspecified atom stereocenters. The molecule has 1 N–H and O–H groups in total. The number of nitro benzene ring substituents is 1. The van der Waals surface area contributed by atoms with Crippen LogP contribution in [0.3, 0.4) is 0 Å². The highest BCUT2D eigenvalue weighted by atomic mass is 32.2. The summed E-state index contributed by atoms with van der Waals surface area (Å²) >= 11 is 0. The van der Waals surface area contributed by atoms with Crippen molar-refractivity contribution in [1.82, 2.24) is 4.31 Å². The molecule has 0 saturated heterocycles. The fourth-order valence-corrected chi connectivity index (χ4v) is 3.44. The van der Waals surface area contributed by atoms with E-state index >= 15 is 0 Å². The molecular weight excluding hydrogens is 294 g/mol. The highest BCUT2D eigenvalue weighted by Crippen LogP contribution is 2.28. The molecule has 0 heterocycles. The number of sulfonamides is 1. The minimum Gasteiger partial charge on any atom is -0.384 e. The first-order valence-electron chi connectivity index (χ1n) is 6.68. The molecule has 0 aromatic heterocycles. The van der Waals surface area contributed by atoms with Crippen molar-refractivity contribution in [1.29, 1.82) is 0 Å². The summed E-state index contributed by atoms with van der Waals surface area (Å²) in [6.07, 6.45) is 0. The van der Waals surface area contributed by atoms with Crippen LogP contribution >= 0.6 is 0 Å². The van der Waals surface area contributed by atoms with Crippen LogP contribution in [0.4, 0.5) is 11.4 Å². The van der Waals surface area contributed by atoms with E-state index in [1.165, 1.54) is 29.6 Å². The highest BCUT2D eigenvalue weighted by molar-refractivity contribution is 7.89. The van der Waals surface area contributed by atoms with Crippen LogP contribution in [0, 0.1) is 16.0 Å². The fraction of sp³-hybridized carbons (Fsp3) is 0.538. The largest absolute Gasteiger partial charge is 0.384 e. The number of nitrogens with one attached hydrogen (secondary N) is 1. The average Bonchev–Trinajstić information content (AvgIpc) is 2.37. The lowest BCUT2D eigenvalue weighted by Gasteiger charge is -2.21. The Bertz CT molecular complexity index is 614. The molecule has 7 nitrogen and oxygen atoms in total. The van der Waals surface area contributed by atoms with E-state index in [-0.39, 0.29) is 22.2 Å². The molecule has 8 heteroatoms. The highest BCUT2D eigenvalue weighted by Gasteiger charge is 2.26. The van der Waals surface area contributed by atoms with Gasteiger partial charge in [-0.1, -0.05) is 13.8 Å². The van der Waals surface area contributed by atoms with Gasteiger partial charge in [0.05, 0.1) is 10.6 Å². The predicted octanol–water partition coefficient (Wildman–Crippen LogP) is 2.30.